The number of rotatable bonds is 7. The van der Waals surface area contributed by atoms with Crippen molar-refractivity contribution in [2.45, 2.75) is 25.5 Å². The molecular formula is C20H23BrN2O3. The van der Waals surface area contributed by atoms with E-state index in [1.165, 1.54) is 0 Å². The van der Waals surface area contributed by atoms with Crippen LogP contribution in [0.2, 0.25) is 0 Å². The highest BCUT2D eigenvalue weighted by Crippen LogP contribution is 2.20. The van der Waals surface area contributed by atoms with Crippen LogP contribution in [0.25, 0.3) is 0 Å². The Balaban J connectivity index is 1.64. The van der Waals surface area contributed by atoms with Crippen LogP contribution in [0, 0.1) is 0 Å². The first-order valence-electron chi connectivity index (χ1n) is 8.76. The molecule has 138 valence electrons. The quantitative estimate of drug-likeness (QED) is 0.717. The molecule has 5 nitrogen and oxygen atoms in total. The summed E-state index contributed by atoms with van der Waals surface area (Å²) >= 11 is 3.39. The number of anilines is 1. The van der Waals surface area contributed by atoms with E-state index in [9.17, 15) is 9.90 Å². The molecule has 0 aromatic heterocycles. The van der Waals surface area contributed by atoms with Gasteiger partial charge in [-0.15, -0.1) is 0 Å². The topological polar surface area (TPSA) is 61.8 Å². The van der Waals surface area contributed by atoms with Gasteiger partial charge < -0.3 is 15.2 Å². The maximum Gasteiger partial charge on any atom is 0.238 e. The Hall–Kier alpha value is -1.89. The standard InChI is InChI=1S/C20H23BrN2O3/c21-16-7-9-17(10-8-16)22-20(25)14-23(13-18-5-3-11-26-18)12-15-4-1-2-6-19(15)24/h1-2,4,6-10,18,24H,3,5,11-14H2,(H,22,25). The first-order valence-corrected chi connectivity index (χ1v) is 9.56. The maximum atomic E-state index is 12.5. The summed E-state index contributed by atoms with van der Waals surface area (Å²) in [5, 5.41) is 13.0. The van der Waals surface area contributed by atoms with E-state index in [0.29, 0.717) is 13.1 Å². The Kier molecular flexibility index (Phi) is 6.66. The number of para-hydroxylation sites is 1. The van der Waals surface area contributed by atoms with Gasteiger partial charge in [0.15, 0.2) is 0 Å². The predicted molar refractivity (Wildman–Crippen MR) is 105 cm³/mol. The Labute approximate surface area is 162 Å². The zero-order valence-electron chi connectivity index (χ0n) is 14.5. The number of hydrogen-bond donors (Lipinski definition) is 2. The van der Waals surface area contributed by atoms with E-state index < -0.39 is 0 Å². The number of nitrogens with one attached hydrogen (secondary N) is 1. The normalized spacial score (nSPS) is 16.8. The lowest BCUT2D eigenvalue weighted by Gasteiger charge is -2.25. The van der Waals surface area contributed by atoms with Gasteiger partial charge in [0.2, 0.25) is 5.91 Å². The highest BCUT2D eigenvalue weighted by Gasteiger charge is 2.21. The molecule has 3 rings (SSSR count). The van der Waals surface area contributed by atoms with Crippen LogP contribution in [0.5, 0.6) is 5.75 Å². The van der Waals surface area contributed by atoms with E-state index >= 15 is 0 Å². The van der Waals surface area contributed by atoms with E-state index in [2.05, 4.69) is 21.2 Å². The van der Waals surface area contributed by atoms with Crippen molar-refractivity contribution < 1.29 is 14.6 Å². The van der Waals surface area contributed by atoms with E-state index in [-0.39, 0.29) is 24.3 Å². The van der Waals surface area contributed by atoms with Gasteiger partial charge in [-0.1, -0.05) is 34.1 Å². The molecule has 1 fully saturated rings. The van der Waals surface area contributed by atoms with Gasteiger partial charge in [0, 0.05) is 35.4 Å². The average Bonchev–Trinajstić information content (AvgIpc) is 3.12. The molecule has 1 amide bonds. The largest absolute Gasteiger partial charge is 0.508 e. The molecule has 0 radical (unpaired) electrons. The van der Waals surface area contributed by atoms with Crippen LogP contribution in [0.1, 0.15) is 18.4 Å². The van der Waals surface area contributed by atoms with Crippen molar-refractivity contribution in [2.24, 2.45) is 0 Å². The third-order valence-electron chi connectivity index (χ3n) is 4.37. The van der Waals surface area contributed by atoms with Gasteiger partial charge in [-0.25, -0.2) is 0 Å². The summed E-state index contributed by atoms with van der Waals surface area (Å²) < 4.78 is 6.69. The van der Waals surface area contributed by atoms with Crippen molar-refractivity contribution in [1.82, 2.24) is 4.90 Å². The molecule has 0 saturated carbocycles. The second kappa shape index (κ2) is 9.16. The number of carbonyl (C=O) groups excluding carboxylic acids is 1. The summed E-state index contributed by atoms with van der Waals surface area (Å²) in [5.41, 5.74) is 1.57. The maximum absolute atomic E-state index is 12.5. The first-order chi connectivity index (χ1) is 12.6. The van der Waals surface area contributed by atoms with Crippen LogP contribution in [-0.2, 0) is 16.1 Å². The number of aromatic hydroxyl groups is 1. The first kappa shape index (κ1) is 18.9. The second-order valence-corrected chi connectivity index (χ2v) is 7.40. The predicted octanol–water partition coefficient (Wildman–Crippen LogP) is 3.77. The Morgan fingerprint density at radius 1 is 1.23 bits per heavy atom. The number of amides is 1. The molecule has 1 saturated heterocycles. The lowest BCUT2D eigenvalue weighted by molar-refractivity contribution is -0.117. The minimum atomic E-state index is -0.0826. The molecule has 1 unspecified atom stereocenters. The summed E-state index contributed by atoms with van der Waals surface area (Å²) in [4.78, 5) is 14.5. The number of phenolic OH excluding ortho intramolecular Hbond substituents is 1. The van der Waals surface area contributed by atoms with Gasteiger partial charge in [-0.05, 0) is 43.2 Å². The summed E-state index contributed by atoms with van der Waals surface area (Å²) in [6, 6.07) is 14.7. The van der Waals surface area contributed by atoms with E-state index in [1.54, 1.807) is 12.1 Å². The molecule has 0 spiro atoms. The molecule has 26 heavy (non-hydrogen) atoms. The van der Waals surface area contributed by atoms with Crippen molar-refractivity contribution >= 4 is 27.5 Å². The van der Waals surface area contributed by atoms with Crippen molar-refractivity contribution in [3.8, 4) is 5.75 Å². The van der Waals surface area contributed by atoms with E-state index in [0.717, 1.165) is 35.2 Å². The fraction of sp³-hybridized carbons (Fsp3) is 0.350. The second-order valence-electron chi connectivity index (χ2n) is 6.49. The van der Waals surface area contributed by atoms with Crippen LogP contribution in [0.3, 0.4) is 0 Å². The number of hydrogen-bond acceptors (Lipinski definition) is 4. The van der Waals surface area contributed by atoms with Crippen LogP contribution in [-0.4, -0.2) is 41.7 Å². The van der Waals surface area contributed by atoms with Crippen molar-refractivity contribution in [3.63, 3.8) is 0 Å². The van der Waals surface area contributed by atoms with Gasteiger partial charge in [-0.3, -0.25) is 9.69 Å². The average molecular weight is 419 g/mol. The van der Waals surface area contributed by atoms with Gasteiger partial charge >= 0.3 is 0 Å². The fourth-order valence-corrected chi connectivity index (χ4v) is 3.35. The zero-order valence-corrected chi connectivity index (χ0v) is 16.1. The molecule has 0 bridgehead atoms. The number of carbonyl (C=O) groups is 1. The van der Waals surface area contributed by atoms with E-state index in [4.69, 9.17) is 4.74 Å². The molecule has 1 atom stereocenters. The zero-order chi connectivity index (χ0) is 18.4. The molecule has 2 aromatic carbocycles. The minimum Gasteiger partial charge on any atom is -0.508 e. The van der Waals surface area contributed by atoms with Crippen molar-refractivity contribution in [1.29, 1.82) is 0 Å². The van der Waals surface area contributed by atoms with Crippen molar-refractivity contribution in [3.05, 3.63) is 58.6 Å². The Bertz CT molecular complexity index is 730. The highest BCUT2D eigenvalue weighted by molar-refractivity contribution is 9.10. The third kappa shape index (κ3) is 5.56. The number of benzene rings is 2. The van der Waals surface area contributed by atoms with Gasteiger partial charge in [-0.2, -0.15) is 0 Å². The Morgan fingerprint density at radius 2 is 2.00 bits per heavy atom. The Morgan fingerprint density at radius 3 is 2.69 bits per heavy atom. The summed E-state index contributed by atoms with van der Waals surface area (Å²) in [5.74, 6) is 0.166. The molecule has 0 aliphatic carbocycles. The monoisotopic (exact) mass is 418 g/mol. The smallest absolute Gasteiger partial charge is 0.238 e. The number of phenols is 1. The summed E-state index contributed by atoms with van der Waals surface area (Å²) in [7, 11) is 0. The van der Waals surface area contributed by atoms with Gasteiger partial charge in [0.1, 0.15) is 5.75 Å². The van der Waals surface area contributed by atoms with Crippen LogP contribution in [0.15, 0.2) is 53.0 Å². The van der Waals surface area contributed by atoms with Crippen molar-refractivity contribution in [2.75, 3.05) is 25.0 Å². The summed E-state index contributed by atoms with van der Waals surface area (Å²) in [6.07, 6.45) is 2.20. The molecule has 1 aliphatic rings. The summed E-state index contributed by atoms with van der Waals surface area (Å²) in [6.45, 7) is 2.19. The number of nitrogens with zero attached hydrogens (tertiary/aromatic N) is 1. The SMILES string of the molecule is O=C(CN(Cc1ccccc1O)CC1CCCO1)Nc1ccc(Br)cc1. The fourth-order valence-electron chi connectivity index (χ4n) is 3.08. The molecule has 2 N–H and O–H groups in total. The van der Waals surface area contributed by atoms with Crippen LogP contribution < -0.4 is 5.32 Å². The lowest BCUT2D eigenvalue weighted by atomic mass is 10.1. The number of halogens is 1. The van der Waals surface area contributed by atoms with Gasteiger partial charge in [0.25, 0.3) is 0 Å². The molecule has 1 heterocycles. The van der Waals surface area contributed by atoms with E-state index in [1.807, 2.05) is 41.3 Å². The highest BCUT2D eigenvalue weighted by atomic mass is 79.9. The molecule has 1 aliphatic heterocycles. The van der Waals surface area contributed by atoms with Crippen LogP contribution >= 0.6 is 15.9 Å². The lowest BCUT2D eigenvalue weighted by Crippen LogP contribution is -2.37. The third-order valence-corrected chi connectivity index (χ3v) is 4.90. The molecular weight excluding hydrogens is 396 g/mol. The molecule has 2 aromatic rings. The van der Waals surface area contributed by atoms with Crippen LogP contribution in [0.4, 0.5) is 5.69 Å². The minimum absolute atomic E-state index is 0.0826. The van der Waals surface area contributed by atoms with Gasteiger partial charge in [0.05, 0.1) is 12.6 Å². The molecule has 6 heteroatoms. The number of ether oxygens (including phenoxy) is 1.